The van der Waals surface area contributed by atoms with Crippen molar-refractivity contribution in [3.05, 3.63) is 47.6 Å². The minimum Gasteiger partial charge on any atom is -0.375 e. The zero-order chi connectivity index (χ0) is 12.3. The predicted octanol–water partition coefficient (Wildman–Crippen LogP) is 4.27. The molecule has 0 unspecified atom stereocenters. The maximum Gasteiger partial charge on any atom is 0.0363 e. The van der Waals surface area contributed by atoms with Crippen LogP contribution in [-0.2, 0) is 0 Å². The molecule has 0 saturated carbocycles. The molecule has 0 aromatic heterocycles. The lowest BCUT2D eigenvalue weighted by Gasteiger charge is -2.18. The van der Waals surface area contributed by atoms with E-state index < -0.39 is 0 Å². The van der Waals surface area contributed by atoms with Gasteiger partial charge in [0.25, 0.3) is 0 Å². The van der Waals surface area contributed by atoms with Crippen LogP contribution in [0, 0.1) is 0 Å². The Labute approximate surface area is 104 Å². The third-order valence-electron chi connectivity index (χ3n) is 3.44. The average molecular weight is 227 g/mol. The molecule has 0 fully saturated rings. The fourth-order valence-electron chi connectivity index (χ4n) is 2.20. The first-order valence-corrected chi connectivity index (χ1v) is 6.39. The van der Waals surface area contributed by atoms with Gasteiger partial charge in [0.2, 0.25) is 0 Å². The van der Waals surface area contributed by atoms with Crippen molar-refractivity contribution in [1.29, 1.82) is 0 Å². The van der Waals surface area contributed by atoms with Crippen molar-refractivity contribution in [2.45, 2.75) is 26.7 Å². The van der Waals surface area contributed by atoms with Gasteiger partial charge in [-0.25, -0.2) is 0 Å². The highest BCUT2D eigenvalue weighted by molar-refractivity contribution is 5.70. The Morgan fingerprint density at radius 2 is 1.88 bits per heavy atom. The molecule has 1 aliphatic rings. The summed E-state index contributed by atoms with van der Waals surface area (Å²) in [7, 11) is 2.13. The standard InChI is InChI=1S/C16H21N/c1-4-17(3)16-10-8-14(9-11-16)15-7-5-6-13(2)12-15/h6,8-12H,4-5,7H2,1-3H3. The number of benzene rings is 1. The van der Waals surface area contributed by atoms with Gasteiger partial charge in [-0.2, -0.15) is 0 Å². The molecule has 0 heterocycles. The van der Waals surface area contributed by atoms with Crippen molar-refractivity contribution in [3.63, 3.8) is 0 Å². The Bertz CT molecular complexity index is 437. The topological polar surface area (TPSA) is 3.24 Å². The molecule has 1 aliphatic carbocycles. The average Bonchev–Trinajstić information content (AvgIpc) is 2.38. The quantitative estimate of drug-likeness (QED) is 0.745. The molecule has 0 radical (unpaired) electrons. The number of nitrogens with zero attached hydrogens (tertiary/aromatic N) is 1. The van der Waals surface area contributed by atoms with Gasteiger partial charge in [0.15, 0.2) is 0 Å². The molecule has 1 nitrogen and oxygen atoms in total. The molecule has 0 amide bonds. The molecule has 0 spiro atoms. The lowest BCUT2D eigenvalue weighted by Crippen LogP contribution is -2.15. The summed E-state index contributed by atoms with van der Waals surface area (Å²) in [5.74, 6) is 0. The van der Waals surface area contributed by atoms with Gasteiger partial charge in [-0.05, 0) is 50.0 Å². The van der Waals surface area contributed by atoms with Crippen molar-refractivity contribution in [3.8, 4) is 0 Å². The minimum absolute atomic E-state index is 1.05. The van der Waals surface area contributed by atoms with E-state index in [1.807, 2.05) is 0 Å². The summed E-state index contributed by atoms with van der Waals surface area (Å²) < 4.78 is 0. The molecule has 1 heteroatoms. The molecule has 1 aromatic rings. The first-order chi connectivity index (χ1) is 8.20. The highest BCUT2D eigenvalue weighted by atomic mass is 15.1. The second-order valence-corrected chi connectivity index (χ2v) is 4.72. The van der Waals surface area contributed by atoms with Gasteiger partial charge < -0.3 is 4.90 Å². The van der Waals surface area contributed by atoms with E-state index in [9.17, 15) is 0 Å². The van der Waals surface area contributed by atoms with Gasteiger partial charge in [-0.15, -0.1) is 0 Å². The van der Waals surface area contributed by atoms with E-state index in [-0.39, 0.29) is 0 Å². The summed E-state index contributed by atoms with van der Waals surface area (Å²) in [6.07, 6.45) is 6.96. The van der Waals surface area contributed by atoms with Crippen molar-refractivity contribution < 1.29 is 0 Å². The highest BCUT2D eigenvalue weighted by Gasteiger charge is 2.06. The van der Waals surface area contributed by atoms with Gasteiger partial charge in [0, 0.05) is 19.3 Å². The van der Waals surface area contributed by atoms with Gasteiger partial charge in [-0.1, -0.05) is 29.9 Å². The third kappa shape index (κ3) is 2.79. The normalized spacial score (nSPS) is 15.2. The van der Waals surface area contributed by atoms with E-state index in [2.05, 4.69) is 62.2 Å². The van der Waals surface area contributed by atoms with Crippen molar-refractivity contribution >= 4 is 11.3 Å². The molecular weight excluding hydrogens is 206 g/mol. The van der Waals surface area contributed by atoms with Gasteiger partial charge in [0.1, 0.15) is 0 Å². The van der Waals surface area contributed by atoms with Crippen molar-refractivity contribution in [1.82, 2.24) is 0 Å². The third-order valence-corrected chi connectivity index (χ3v) is 3.44. The summed E-state index contributed by atoms with van der Waals surface area (Å²) in [4.78, 5) is 2.25. The first-order valence-electron chi connectivity index (χ1n) is 6.39. The van der Waals surface area contributed by atoms with Crippen LogP contribution in [0.25, 0.3) is 5.57 Å². The molecule has 2 rings (SSSR count). The second-order valence-electron chi connectivity index (χ2n) is 4.72. The summed E-state index contributed by atoms with van der Waals surface area (Å²) in [5.41, 5.74) is 5.52. The van der Waals surface area contributed by atoms with Crippen LogP contribution in [0.15, 0.2) is 42.0 Å². The SMILES string of the molecule is CCN(C)c1ccc(C2=CC(C)=CCC2)cc1. The molecule has 0 atom stereocenters. The van der Waals surface area contributed by atoms with E-state index in [4.69, 9.17) is 0 Å². The van der Waals surface area contributed by atoms with E-state index >= 15 is 0 Å². The molecule has 17 heavy (non-hydrogen) atoms. The minimum atomic E-state index is 1.05. The van der Waals surface area contributed by atoms with Crippen LogP contribution in [0.3, 0.4) is 0 Å². The van der Waals surface area contributed by atoms with Gasteiger partial charge in [-0.3, -0.25) is 0 Å². The summed E-state index contributed by atoms with van der Waals surface area (Å²) >= 11 is 0. The number of hydrogen-bond donors (Lipinski definition) is 0. The van der Waals surface area contributed by atoms with Crippen LogP contribution in [0.4, 0.5) is 5.69 Å². The maximum atomic E-state index is 2.31. The zero-order valence-corrected chi connectivity index (χ0v) is 11.0. The molecule has 0 aliphatic heterocycles. The summed E-state index contributed by atoms with van der Waals surface area (Å²) in [5, 5.41) is 0. The van der Waals surface area contributed by atoms with Crippen LogP contribution in [0.1, 0.15) is 32.3 Å². The molecule has 0 saturated heterocycles. The number of rotatable bonds is 3. The number of anilines is 1. The van der Waals surface area contributed by atoms with Crippen LogP contribution >= 0.6 is 0 Å². The van der Waals surface area contributed by atoms with E-state index in [1.165, 1.54) is 35.2 Å². The Kier molecular flexibility index (Phi) is 3.68. The Hall–Kier alpha value is -1.50. The van der Waals surface area contributed by atoms with Gasteiger partial charge >= 0.3 is 0 Å². The summed E-state index contributed by atoms with van der Waals surface area (Å²) in [6.45, 7) is 5.40. The Morgan fingerprint density at radius 1 is 1.18 bits per heavy atom. The molecule has 0 N–H and O–H groups in total. The van der Waals surface area contributed by atoms with Crippen molar-refractivity contribution in [2.75, 3.05) is 18.5 Å². The summed E-state index contributed by atoms with van der Waals surface area (Å²) in [6, 6.07) is 8.92. The smallest absolute Gasteiger partial charge is 0.0363 e. The fraction of sp³-hybridized carbons (Fsp3) is 0.375. The first kappa shape index (κ1) is 12.0. The van der Waals surface area contributed by atoms with E-state index in [0.717, 1.165) is 6.54 Å². The van der Waals surface area contributed by atoms with E-state index in [1.54, 1.807) is 0 Å². The van der Waals surface area contributed by atoms with E-state index in [0.29, 0.717) is 0 Å². The van der Waals surface area contributed by atoms with Crippen LogP contribution in [0.2, 0.25) is 0 Å². The Balaban J connectivity index is 2.21. The number of hydrogen-bond acceptors (Lipinski definition) is 1. The van der Waals surface area contributed by atoms with Gasteiger partial charge in [0.05, 0.1) is 0 Å². The zero-order valence-electron chi connectivity index (χ0n) is 11.0. The van der Waals surface area contributed by atoms with Crippen LogP contribution in [-0.4, -0.2) is 13.6 Å². The monoisotopic (exact) mass is 227 g/mol. The molecule has 0 bridgehead atoms. The lowest BCUT2D eigenvalue weighted by molar-refractivity contribution is 0.967. The second kappa shape index (κ2) is 5.22. The molecule has 90 valence electrons. The highest BCUT2D eigenvalue weighted by Crippen LogP contribution is 2.27. The molecule has 1 aromatic carbocycles. The van der Waals surface area contributed by atoms with Crippen LogP contribution in [0.5, 0.6) is 0 Å². The molecular formula is C16H21N. The number of allylic oxidation sites excluding steroid dienone is 4. The van der Waals surface area contributed by atoms with Crippen molar-refractivity contribution in [2.24, 2.45) is 0 Å². The Morgan fingerprint density at radius 3 is 2.47 bits per heavy atom. The predicted molar refractivity (Wildman–Crippen MR) is 76.4 cm³/mol. The maximum absolute atomic E-state index is 2.31. The largest absolute Gasteiger partial charge is 0.375 e. The van der Waals surface area contributed by atoms with Crippen LogP contribution < -0.4 is 4.90 Å². The fourth-order valence-corrected chi connectivity index (χ4v) is 2.20. The lowest BCUT2D eigenvalue weighted by atomic mass is 9.94.